The Kier molecular flexibility index (Phi) is 4.45. The number of halogens is 1. The highest BCUT2D eigenvalue weighted by Gasteiger charge is 2.48. The maximum Gasteiger partial charge on any atom is 0.195 e. The van der Waals surface area contributed by atoms with Gasteiger partial charge < -0.3 is 9.22 Å². The van der Waals surface area contributed by atoms with E-state index in [0.717, 1.165) is 37.5 Å². The van der Waals surface area contributed by atoms with Crippen molar-refractivity contribution in [2.75, 3.05) is 13.1 Å². The third-order valence-corrected chi connectivity index (χ3v) is 6.61. The van der Waals surface area contributed by atoms with Gasteiger partial charge in [0.05, 0.1) is 24.4 Å². The molecule has 2 aliphatic rings. The highest BCUT2D eigenvalue weighted by molar-refractivity contribution is 7.14. The molecule has 1 spiro atoms. The Labute approximate surface area is 157 Å². The summed E-state index contributed by atoms with van der Waals surface area (Å²) in [5.41, 5.74) is 1.78. The van der Waals surface area contributed by atoms with Crippen LogP contribution in [0.25, 0.3) is 0 Å². The van der Waals surface area contributed by atoms with E-state index >= 15 is 0 Å². The SMILES string of the molecule is C=C(C)Oc1cc2c(s1)CC[N+]1(CCCC(=O)C1c1ccccc1F)C2. The second-order valence-electron chi connectivity index (χ2n) is 7.39. The largest absolute Gasteiger partial charge is 0.452 e. The van der Waals surface area contributed by atoms with Crippen LogP contribution >= 0.6 is 11.3 Å². The first-order valence-corrected chi connectivity index (χ1v) is 9.88. The number of allylic oxidation sites excluding steroid dienone is 1. The Bertz CT molecular complexity index is 875. The molecule has 136 valence electrons. The molecule has 2 aromatic rings. The molecular formula is C21H23FNO2S+. The fraction of sp³-hybridized carbons (Fsp3) is 0.381. The van der Waals surface area contributed by atoms with E-state index in [4.69, 9.17) is 4.74 Å². The number of rotatable bonds is 3. The van der Waals surface area contributed by atoms with E-state index in [1.807, 2.05) is 13.0 Å². The highest BCUT2D eigenvalue weighted by Crippen LogP contribution is 2.44. The number of piperidine rings is 1. The summed E-state index contributed by atoms with van der Waals surface area (Å²) >= 11 is 1.66. The van der Waals surface area contributed by atoms with Crippen molar-refractivity contribution in [3.63, 3.8) is 0 Å². The second kappa shape index (κ2) is 6.63. The molecule has 3 nitrogen and oxygen atoms in total. The topological polar surface area (TPSA) is 26.3 Å². The van der Waals surface area contributed by atoms with Crippen LogP contribution in [0.5, 0.6) is 5.06 Å². The van der Waals surface area contributed by atoms with Gasteiger partial charge in [0.1, 0.15) is 12.4 Å². The van der Waals surface area contributed by atoms with E-state index in [1.54, 1.807) is 23.5 Å². The Morgan fingerprint density at radius 1 is 1.31 bits per heavy atom. The van der Waals surface area contributed by atoms with Gasteiger partial charge in [-0.3, -0.25) is 4.79 Å². The number of thiophene rings is 1. The molecule has 1 fully saturated rings. The number of fused-ring (bicyclic) bond motifs is 1. The maximum absolute atomic E-state index is 14.5. The highest BCUT2D eigenvalue weighted by atomic mass is 32.1. The van der Waals surface area contributed by atoms with Gasteiger partial charge in [-0.2, -0.15) is 0 Å². The van der Waals surface area contributed by atoms with Crippen molar-refractivity contribution in [2.24, 2.45) is 0 Å². The number of nitrogens with zero attached hydrogens (tertiary/aromatic N) is 1. The molecule has 1 saturated heterocycles. The Hall–Kier alpha value is -1.98. The number of hydrogen-bond donors (Lipinski definition) is 0. The smallest absolute Gasteiger partial charge is 0.195 e. The predicted molar refractivity (Wildman–Crippen MR) is 101 cm³/mol. The van der Waals surface area contributed by atoms with Gasteiger partial charge >= 0.3 is 0 Å². The van der Waals surface area contributed by atoms with Gasteiger partial charge in [-0.05, 0) is 19.1 Å². The first-order chi connectivity index (χ1) is 12.5. The van der Waals surface area contributed by atoms with Crippen LogP contribution in [0.3, 0.4) is 0 Å². The van der Waals surface area contributed by atoms with E-state index in [0.29, 0.717) is 22.2 Å². The van der Waals surface area contributed by atoms with Crippen molar-refractivity contribution < 1.29 is 18.4 Å². The molecule has 2 aliphatic heterocycles. The first kappa shape index (κ1) is 17.4. The molecule has 2 atom stereocenters. The van der Waals surface area contributed by atoms with E-state index in [-0.39, 0.29) is 11.6 Å². The molecule has 0 aliphatic carbocycles. The molecular weight excluding hydrogens is 349 g/mol. The van der Waals surface area contributed by atoms with Crippen LogP contribution < -0.4 is 4.74 Å². The van der Waals surface area contributed by atoms with Crippen LogP contribution in [-0.4, -0.2) is 23.4 Å². The zero-order valence-corrected chi connectivity index (χ0v) is 15.8. The number of benzene rings is 1. The van der Waals surface area contributed by atoms with Gasteiger partial charge in [-0.15, -0.1) is 11.3 Å². The van der Waals surface area contributed by atoms with Crippen molar-refractivity contribution in [3.8, 4) is 5.06 Å². The number of hydrogen-bond acceptors (Lipinski definition) is 3. The Morgan fingerprint density at radius 2 is 2.12 bits per heavy atom. The summed E-state index contributed by atoms with van der Waals surface area (Å²) in [7, 11) is 0. The van der Waals surface area contributed by atoms with E-state index in [2.05, 4.69) is 12.6 Å². The first-order valence-electron chi connectivity index (χ1n) is 9.06. The number of carbonyl (C=O) groups is 1. The lowest BCUT2D eigenvalue weighted by Crippen LogP contribution is -2.58. The number of ketones is 1. The van der Waals surface area contributed by atoms with Gasteiger partial charge in [-0.1, -0.05) is 18.7 Å². The predicted octanol–water partition coefficient (Wildman–Crippen LogP) is 4.78. The minimum Gasteiger partial charge on any atom is -0.452 e. The molecule has 0 bridgehead atoms. The molecule has 2 unspecified atom stereocenters. The van der Waals surface area contributed by atoms with Gasteiger partial charge in [0.25, 0.3) is 0 Å². The number of carbonyl (C=O) groups excluding carboxylic acids is 1. The lowest BCUT2D eigenvalue weighted by atomic mass is 9.87. The summed E-state index contributed by atoms with van der Waals surface area (Å²) in [6.45, 7) is 8.18. The van der Waals surface area contributed by atoms with E-state index in [9.17, 15) is 9.18 Å². The molecule has 4 rings (SSSR count). The minimum atomic E-state index is -0.400. The Balaban J connectivity index is 1.72. The van der Waals surface area contributed by atoms with Crippen molar-refractivity contribution in [2.45, 2.75) is 38.8 Å². The molecule has 5 heteroatoms. The molecule has 0 saturated carbocycles. The lowest BCUT2D eigenvalue weighted by Gasteiger charge is -2.48. The van der Waals surface area contributed by atoms with Crippen molar-refractivity contribution >= 4 is 17.1 Å². The quantitative estimate of drug-likeness (QED) is 0.573. The molecule has 3 heterocycles. The lowest BCUT2D eigenvalue weighted by molar-refractivity contribution is -0.965. The molecule has 0 N–H and O–H groups in total. The molecule has 1 aromatic heterocycles. The monoisotopic (exact) mass is 372 g/mol. The van der Waals surface area contributed by atoms with Gasteiger partial charge in [0, 0.05) is 35.8 Å². The summed E-state index contributed by atoms with van der Waals surface area (Å²) in [4.78, 5) is 14.2. The third kappa shape index (κ3) is 2.99. The number of Topliss-reactive ketones (excluding diaryl/α,β-unsaturated/α-hetero) is 1. The maximum atomic E-state index is 14.5. The fourth-order valence-corrected chi connectivity index (χ4v) is 5.54. The molecule has 26 heavy (non-hydrogen) atoms. The summed E-state index contributed by atoms with van der Waals surface area (Å²) in [6, 6.07) is 8.43. The zero-order chi connectivity index (χ0) is 18.3. The van der Waals surface area contributed by atoms with Gasteiger partial charge in [0.2, 0.25) is 0 Å². The molecule has 0 radical (unpaired) electrons. The van der Waals surface area contributed by atoms with Gasteiger partial charge in [0.15, 0.2) is 16.9 Å². The summed E-state index contributed by atoms with van der Waals surface area (Å²) in [5, 5.41) is 0.855. The average molecular weight is 372 g/mol. The summed E-state index contributed by atoms with van der Waals surface area (Å²) in [5.74, 6) is 0.566. The second-order valence-corrected chi connectivity index (χ2v) is 8.49. The van der Waals surface area contributed by atoms with Crippen LogP contribution in [0.2, 0.25) is 0 Å². The van der Waals surface area contributed by atoms with Crippen LogP contribution in [0, 0.1) is 5.82 Å². The van der Waals surface area contributed by atoms with E-state index < -0.39 is 6.04 Å². The molecule has 1 aromatic carbocycles. The summed E-state index contributed by atoms with van der Waals surface area (Å²) in [6.07, 6.45) is 2.32. The van der Waals surface area contributed by atoms with Crippen LogP contribution in [-0.2, 0) is 17.8 Å². The van der Waals surface area contributed by atoms with Gasteiger partial charge in [-0.25, -0.2) is 4.39 Å². The van der Waals surface area contributed by atoms with Crippen LogP contribution in [0.1, 0.15) is 41.8 Å². The van der Waals surface area contributed by atoms with Crippen LogP contribution in [0.15, 0.2) is 42.7 Å². The fourth-order valence-electron chi connectivity index (χ4n) is 4.47. The van der Waals surface area contributed by atoms with E-state index in [1.165, 1.54) is 16.5 Å². The Morgan fingerprint density at radius 3 is 2.88 bits per heavy atom. The normalized spacial score (nSPS) is 25.2. The minimum absolute atomic E-state index is 0.165. The van der Waals surface area contributed by atoms with Crippen LogP contribution in [0.4, 0.5) is 4.39 Å². The number of quaternary nitrogens is 1. The van der Waals surface area contributed by atoms with Crippen molar-refractivity contribution in [3.05, 3.63) is 64.5 Å². The third-order valence-electron chi connectivity index (χ3n) is 5.50. The van der Waals surface area contributed by atoms with Crippen molar-refractivity contribution in [1.29, 1.82) is 0 Å². The summed E-state index contributed by atoms with van der Waals surface area (Å²) < 4.78 is 20.9. The van der Waals surface area contributed by atoms with Crippen molar-refractivity contribution in [1.82, 2.24) is 0 Å². The zero-order valence-electron chi connectivity index (χ0n) is 15.0. The average Bonchev–Trinajstić information content (AvgIpc) is 2.96. The molecule has 0 amide bonds. The standard InChI is InChI=1S/C21H23FNO2S/c1-14(2)25-20-12-15-13-23(11-9-19(15)26-20)10-5-8-18(24)21(23)16-6-3-4-7-17(16)22/h3-4,6-7,12,21H,1,5,8-11,13H2,2H3/q+1. The number of ether oxygens (including phenoxy) is 1.